The second kappa shape index (κ2) is 82.6. The number of ether oxygens (including phenoxy) is 4. The van der Waals surface area contributed by atoms with Crippen molar-refractivity contribution in [1.29, 1.82) is 0 Å². The maximum atomic E-state index is 13.1. The number of hydrogen-bond acceptors (Lipinski definition) is 15. The molecule has 19 heteroatoms. The van der Waals surface area contributed by atoms with E-state index in [1.54, 1.807) is 0 Å². The number of carbonyl (C=O) groups excluding carboxylic acids is 4. The third kappa shape index (κ3) is 81.6. The number of rotatable bonds is 77. The number of aliphatic hydroxyl groups excluding tert-OH is 1. The largest absolute Gasteiger partial charge is 0.472 e. The molecule has 0 aromatic rings. The molecule has 3 unspecified atom stereocenters. The lowest BCUT2D eigenvalue weighted by Gasteiger charge is -2.21. The van der Waals surface area contributed by atoms with E-state index in [0.717, 1.165) is 122 Å². The third-order valence-electron chi connectivity index (χ3n) is 16.7. The Morgan fingerprint density at radius 3 is 0.795 bits per heavy atom. The van der Waals surface area contributed by atoms with E-state index in [0.29, 0.717) is 44.9 Å². The molecule has 0 spiro atoms. The van der Waals surface area contributed by atoms with Crippen LogP contribution >= 0.6 is 15.6 Å². The molecule has 0 aromatic heterocycles. The summed E-state index contributed by atoms with van der Waals surface area (Å²) in [5.74, 6) is -2.50. The third-order valence-corrected chi connectivity index (χ3v) is 18.6. The molecule has 112 heavy (non-hydrogen) atoms. The van der Waals surface area contributed by atoms with Crippen LogP contribution in [-0.2, 0) is 65.4 Å². The fourth-order valence-electron chi connectivity index (χ4n) is 10.3. The lowest BCUT2D eigenvalue weighted by atomic mass is 10.1. The lowest BCUT2D eigenvalue weighted by Crippen LogP contribution is -2.30. The SMILES string of the molecule is CC/C=C\C/C=C\C/C=C\C/C=C\C/C=C\C/C=C\CCC(=O)O[C@H](COC(=O)CC/C=C\C/C=C\C/C=C\C/C=C\C/C=C\CCCCC)COP(=O)(O)OCC(O)COP(=O)(O)OC[C@@H](COC(=O)CC/C=C\C/C=C\C/C=C\C/C=C\C/C=C\CCCCC)OC(=O)CCCCCCC/C=C\CCCCCCCC. The van der Waals surface area contributed by atoms with E-state index in [1.807, 2.05) is 54.7 Å². The van der Waals surface area contributed by atoms with Crippen molar-refractivity contribution in [3.05, 3.63) is 207 Å². The van der Waals surface area contributed by atoms with Gasteiger partial charge in [-0.15, -0.1) is 0 Å². The van der Waals surface area contributed by atoms with E-state index >= 15 is 0 Å². The van der Waals surface area contributed by atoms with Crippen LogP contribution in [0.4, 0.5) is 0 Å². The summed E-state index contributed by atoms with van der Waals surface area (Å²) >= 11 is 0. The second-order valence-electron chi connectivity index (χ2n) is 27.3. The van der Waals surface area contributed by atoms with Crippen LogP contribution < -0.4 is 0 Å². The van der Waals surface area contributed by atoms with Gasteiger partial charge in [0.05, 0.1) is 26.4 Å². The molecule has 0 radical (unpaired) electrons. The minimum absolute atomic E-state index is 0.0119. The Labute approximate surface area is 678 Å². The first-order valence-corrected chi connectivity index (χ1v) is 45.3. The Kier molecular flexibility index (Phi) is 77.9. The van der Waals surface area contributed by atoms with Gasteiger partial charge in [0.25, 0.3) is 0 Å². The molecule has 17 nitrogen and oxygen atoms in total. The second-order valence-corrected chi connectivity index (χ2v) is 30.2. The first kappa shape index (κ1) is 106. The molecule has 0 aromatic carbocycles. The Balaban J connectivity index is 5.60. The topological polar surface area (TPSA) is 237 Å². The molecular formula is C93H148O17P2. The number of phosphoric acid groups is 2. The van der Waals surface area contributed by atoms with E-state index in [1.165, 1.54) is 77.0 Å². The number of allylic oxidation sites excluding steroid dienone is 34. The summed E-state index contributed by atoms with van der Waals surface area (Å²) in [6.07, 6.45) is 104. The summed E-state index contributed by atoms with van der Waals surface area (Å²) in [6, 6.07) is 0. The van der Waals surface area contributed by atoms with Crippen molar-refractivity contribution in [3.8, 4) is 0 Å². The summed E-state index contributed by atoms with van der Waals surface area (Å²) in [5.41, 5.74) is 0. The monoisotopic (exact) mass is 1600 g/mol. The zero-order valence-electron chi connectivity index (χ0n) is 69.3. The number of aliphatic hydroxyl groups is 1. The van der Waals surface area contributed by atoms with Gasteiger partial charge in [-0.25, -0.2) is 9.13 Å². The molecule has 0 bridgehead atoms. The van der Waals surface area contributed by atoms with Crippen molar-refractivity contribution in [2.75, 3.05) is 39.6 Å². The summed E-state index contributed by atoms with van der Waals surface area (Å²) in [6.45, 7) is 4.42. The van der Waals surface area contributed by atoms with Crippen LogP contribution in [0.5, 0.6) is 0 Å². The Bertz CT molecular complexity index is 2940. The highest BCUT2D eigenvalue weighted by Gasteiger charge is 2.30. The predicted octanol–water partition coefficient (Wildman–Crippen LogP) is 25.4. The minimum Gasteiger partial charge on any atom is -0.462 e. The molecule has 0 rings (SSSR count). The standard InChI is InChI=1S/C93H148O17P2/c1-5-9-13-17-21-25-29-33-37-40-43-46-50-53-57-61-65-69-73-77-90(95)103-83-88(109-92(97)79-75-71-67-63-59-55-49-36-32-28-24-20-16-12-8-4)85-107-111(99,100)105-81-87(94)82-106-112(101,102)108-86-89(110-93(98)80-76-72-68-64-60-56-52-48-45-42-39-35-31-27-23-19-15-11-7-3)84-104-91(96)78-74-70-66-62-58-54-51-47-44-41-38-34-30-26-22-18-14-10-6-2/h11,15,21-23,25-27,33-39,43-49,53-54,56-58,60,65-66,68-70,72,87-89,94H,5-10,12-14,16-20,24,28-32,40-42,50-52,55,59,61-64,67,71,73-86H2,1-4H3,(H,99,100)(H,101,102)/b15-11-,25-21-,26-22-,27-23-,37-33-,38-34-,39-35-,46-43-,47-44-,48-45-,49-36-,57-53-,58-54-,60-56-,69-65-,70-66-,72-68-/t87?,88-,89-/m1/s1. The van der Waals surface area contributed by atoms with Gasteiger partial charge in [-0.1, -0.05) is 311 Å². The van der Waals surface area contributed by atoms with Gasteiger partial charge in [0.15, 0.2) is 12.2 Å². The van der Waals surface area contributed by atoms with E-state index in [9.17, 15) is 43.2 Å². The summed E-state index contributed by atoms with van der Waals surface area (Å²) < 4.78 is 68.5. The van der Waals surface area contributed by atoms with Gasteiger partial charge in [0, 0.05) is 25.7 Å². The molecule has 0 aliphatic rings. The highest BCUT2D eigenvalue weighted by molar-refractivity contribution is 7.47. The number of phosphoric ester groups is 2. The Morgan fingerprint density at radius 1 is 0.259 bits per heavy atom. The predicted molar refractivity (Wildman–Crippen MR) is 463 cm³/mol. The minimum atomic E-state index is -5.03. The van der Waals surface area contributed by atoms with Crippen molar-refractivity contribution in [2.24, 2.45) is 0 Å². The quantitative estimate of drug-likeness (QED) is 0.0169. The average Bonchev–Trinajstić information content (AvgIpc) is 0.897. The van der Waals surface area contributed by atoms with E-state index < -0.39 is 97.5 Å². The first-order chi connectivity index (χ1) is 54.7. The molecule has 0 aliphatic heterocycles. The molecular weight excluding hydrogens is 1450 g/mol. The Morgan fingerprint density at radius 2 is 0.482 bits per heavy atom. The van der Waals surface area contributed by atoms with Crippen LogP contribution in [0, 0.1) is 0 Å². The van der Waals surface area contributed by atoms with Gasteiger partial charge in [-0.05, 0) is 167 Å². The van der Waals surface area contributed by atoms with E-state index in [-0.39, 0.29) is 25.7 Å². The van der Waals surface area contributed by atoms with Crippen molar-refractivity contribution >= 4 is 39.5 Å². The zero-order chi connectivity index (χ0) is 81.7. The van der Waals surface area contributed by atoms with Crippen LogP contribution in [0.25, 0.3) is 0 Å². The maximum Gasteiger partial charge on any atom is 0.472 e. The van der Waals surface area contributed by atoms with Crippen LogP contribution in [0.1, 0.15) is 297 Å². The highest BCUT2D eigenvalue weighted by atomic mass is 31.2. The lowest BCUT2D eigenvalue weighted by molar-refractivity contribution is -0.161. The maximum absolute atomic E-state index is 13.1. The molecule has 0 saturated heterocycles. The molecule has 0 heterocycles. The summed E-state index contributed by atoms with van der Waals surface area (Å²) in [4.78, 5) is 73.1. The van der Waals surface area contributed by atoms with Gasteiger partial charge < -0.3 is 33.8 Å². The van der Waals surface area contributed by atoms with Crippen LogP contribution in [0.3, 0.4) is 0 Å². The fourth-order valence-corrected chi connectivity index (χ4v) is 11.9. The zero-order valence-corrected chi connectivity index (χ0v) is 71.0. The summed E-state index contributed by atoms with van der Waals surface area (Å²) in [5, 5.41) is 10.7. The van der Waals surface area contributed by atoms with Crippen LogP contribution in [0.15, 0.2) is 207 Å². The molecule has 0 aliphatic carbocycles. The van der Waals surface area contributed by atoms with Crippen LogP contribution in [0.2, 0.25) is 0 Å². The van der Waals surface area contributed by atoms with E-state index in [4.69, 9.17) is 37.0 Å². The smallest absolute Gasteiger partial charge is 0.462 e. The number of carbonyl (C=O) groups is 4. The van der Waals surface area contributed by atoms with Crippen molar-refractivity contribution in [3.63, 3.8) is 0 Å². The highest BCUT2D eigenvalue weighted by Crippen LogP contribution is 2.45. The normalized spacial score (nSPS) is 14.8. The molecule has 0 amide bonds. The van der Waals surface area contributed by atoms with Gasteiger partial charge in [0.2, 0.25) is 0 Å². The number of unbranched alkanes of at least 4 members (excludes halogenated alkanes) is 17. The average molecular weight is 1600 g/mol. The van der Waals surface area contributed by atoms with Crippen molar-refractivity contribution < 1.29 is 80.2 Å². The van der Waals surface area contributed by atoms with Crippen LogP contribution in [-0.4, -0.2) is 96.7 Å². The van der Waals surface area contributed by atoms with Crippen molar-refractivity contribution in [1.82, 2.24) is 0 Å². The van der Waals surface area contributed by atoms with Gasteiger partial charge in [0.1, 0.15) is 19.3 Å². The summed E-state index contributed by atoms with van der Waals surface area (Å²) in [7, 11) is -10.1. The fraction of sp³-hybridized carbons (Fsp3) is 0.591. The molecule has 0 saturated carbocycles. The van der Waals surface area contributed by atoms with Gasteiger partial charge in [-0.3, -0.25) is 37.3 Å². The van der Waals surface area contributed by atoms with Crippen molar-refractivity contribution in [2.45, 2.75) is 316 Å². The molecule has 5 atom stereocenters. The van der Waals surface area contributed by atoms with Gasteiger partial charge >= 0.3 is 39.5 Å². The van der Waals surface area contributed by atoms with E-state index in [2.05, 4.69) is 180 Å². The number of hydrogen-bond donors (Lipinski definition) is 3. The number of esters is 4. The molecule has 3 N–H and O–H groups in total. The first-order valence-electron chi connectivity index (χ1n) is 42.3. The van der Waals surface area contributed by atoms with Gasteiger partial charge in [-0.2, -0.15) is 0 Å². The molecule has 0 fully saturated rings. The Hall–Kier alpha value is -6.36. The molecule has 632 valence electrons.